The van der Waals surface area contributed by atoms with Crippen LogP contribution in [0.1, 0.15) is 64.7 Å². The average molecular weight is 345 g/mol. The molecule has 25 heavy (non-hydrogen) atoms. The Morgan fingerprint density at radius 1 is 1.08 bits per heavy atom. The van der Waals surface area contributed by atoms with E-state index in [2.05, 4.69) is 41.5 Å². The lowest BCUT2D eigenvalue weighted by molar-refractivity contribution is -0.125. The molecule has 1 aliphatic heterocycles. The molecule has 0 saturated carbocycles. The Kier molecular flexibility index (Phi) is 5.33. The molecule has 1 aromatic carbocycles. The Labute approximate surface area is 151 Å². The van der Waals surface area contributed by atoms with Crippen molar-refractivity contribution in [1.82, 2.24) is 4.90 Å². The number of nitrogens with zero attached hydrogens (tertiary/aromatic N) is 1. The molecular formula is C21H31NO3. The smallest absolute Gasteiger partial charge is 0.249 e. The van der Waals surface area contributed by atoms with E-state index in [-0.39, 0.29) is 23.3 Å². The number of β-amino-alcohol motifs (C(OH)–C–C–N with tert-alkyl or cyclic N) is 1. The summed E-state index contributed by atoms with van der Waals surface area (Å²) in [5.41, 5.74) is 3.11. The van der Waals surface area contributed by atoms with Gasteiger partial charge in [-0.2, -0.15) is 0 Å². The molecule has 0 atom stereocenters. The zero-order valence-corrected chi connectivity index (χ0v) is 16.3. The van der Waals surface area contributed by atoms with Crippen LogP contribution in [0.25, 0.3) is 6.08 Å². The number of aromatic hydroxyl groups is 1. The third-order valence-electron chi connectivity index (χ3n) is 4.67. The molecule has 1 amide bonds. The van der Waals surface area contributed by atoms with Crippen molar-refractivity contribution in [3.63, 3.8) is 0 Å². The molecule has 2 N–H and O–H groups in total. The van der Waals surface area contributed by atoms with Crippen LogP contribution in [0.3, 0.4) is 0 Å². The van der Waals surface area contributed by atoms with E-state index in [0.29, 0.717) is 25.3 Å². The summed E-state index contributed by atoms with van der Waals surface area (Å²) < 4.78 is 0. The van der Waals surface area contributed by atoms with Crippen LogP contribution in [0.2, 0.25) is 0 Å². The van der Waals surface area contributed by atoms with E-state index < -0.39 is 0 Å². The highest BCUT2D eigenvalue weighted by atomic mass is 16.3. The van der Waals surface area contributed by atoms with Crippen molar-refractivity contribution in [3.05, 3.63) is 34.4 Å². The van der Waals surface area contributed by atoms with Crippen LogP contribution in [0.4, 0.5) is 0 Å². The lowest BCUT2D eigenvalue weighted by atomic mass is 9.78. The van der Waals surface area contributed by atoms with Gasteiger partial charge >= 0.3 is 0 Å². The second kappa shape index (κ2) is 6.83. The fourth-order valence-corrected chi connectivity index (χ4v) is 3.22. The van der Waals surface area contributed by atoms with Gasteiger partial charge in [0.05, 0.1) is 6.61 Å². The Morgan fingerprint density at radius 2 is 1.60 bits per heavy atom. The lowest BCUT2D eigenvalue weighted by Gasteiger charge is -2.28. The van der Waals surface area contributed by atoms with Crippen LogP contribution < -0.4 is 0 Å². The van der Waals surface area contributed by atoms with Gasteiger partial charge in [0.1, 0.15) is 5.75 Å². The van der Waals surface area contributed by atoms with E-state index in [0.717, 1.165) is 22.3 Å². The molecule has 0 unspecified atom stereocenters. The van der Waals surface area contributed by atoms with Crippen molar-refractivity contribution in [2.45, 2.75) is 58.8 Å². The first kappa shape index (κ1) is 19.5. The Balaban J connectivity index is 2.52. The summed E-state index contributed by atoms with van der Waals surface area (Å²) in [7, 11) is 0. The molecule has 2 rings (SSSR count). The van der Waals surface area contributed by atoms with E-state index in [4.69, 9.17) is 5.11 Å². The molecule has 1 heterocycles. The van der Waals surface area contributed by atoms with Crippen molar-refractivity contribution in [1.29, 1.82) is 0 Å². The number of amides is 1. The van der Waals surface area contributed by atoms with E-state index >= 15 is 0 Å². The Morgan fingerprint density at radius 3 is 2.04 bits per heavy atom. The van der Waals surface area contributed by atoms with Crippen LogP contribution in [0, 0.1) is 0 Å². The van der Waals surface area contributed by atoms with Crippen molar-refractivity contribution < 1.29 is 15.0 Å². The Bertz CT molecular complexity index is 655. The number of phenolic OH excluding ortho intramolecular Hbond substituents is 1. The van der Waals surface area contributed by atoms with Gasteiger partial charge in [0.2, 0.25) is 5.91 Å². The molecule has 0 radical (unpaired) electrons. The van der Waals surface area contributed by atoms with Gasteiger partial charge in [-0.15, -0.1) is 0 Å². The number of phenols is 1. The first-order chi connectivity index (χ1) is 11.4. The van der Waals surface area contributed by atoms with Gasteiger partial charge in [0, 0.05) is 29.8 Å². The van der Waals surface area contributed by atoms with Crippen LogP contribution >= 0.6 is 0 Å². The first-order valence-corrected chi connectivity index (χ1v) is 8.94. The van der Waals surface area contributed by atoms with Crippen molar-refractivity contribution in [3.8, 4) is 5.75 Å². The molecule has 0 aliphatic carbocycles. The highest BCUT2D eigenvalue weighted by molar-refractivity contribution is 6.00. The lowest BCUT2D eigenvalue weighted by Crippen LogP contribution is -2.28. The molecule has 0 bridgehead atoms. The summed E-state index contributed by atoms with van der Waals surface area (Å²) in [4.78, 5) is 14.1. The molecule has 1 fully saturated rings. The van der Waals surface area contributed by atoms with E-state index in [9.17, 15) is 9.90 Å². The topological polar surface area (TPSA) is 60.8 Å². The van der Waals surface area contributed by atoms with Crippen molar-refractivity contribution >= 4 is 12.0 Å². The minimum atomic E-state index is -0.193. The first-order valence-electron chi connectivity index (χ1n) is 8.94. The van der Waals surface area contributed by atoms with Gasteiger partial charge in [-0.25, -0.2) is 0 Å². The SMILES string of the molecule is CC(C)(C)c1cc(/C=C2\CCN(CCO)C2=O)cc(C(C)(C)C)c1O. The molecule has 0 aromatic heterocycles. The number of likely N-dealkylation sites (tertiary alicyclic amines) is 1. The zero-order chi connectivity index (χ0) is 19.0. The minimum absolute atomic E-state index is 0.00302. The molecule has 4 heteroatoms. The number of hydrogen-bond donors (Lipinski definition) is 2. The fraction of sp³-hybridized carbons (Fsp3) is 0.571. The molecule has 138 valence electrons. The monoisotopic (exact) mass is 345 g/mol. The van der Waals surface area contributed by atoms with Crippen molar-refractivity contribution in [2.75, 3.05) is 19.7 Å². The third-order valence-corrected chi connectivity index (χ3v) is 4.67. The molecule has 1 aromatic rings. The third kappa shape index (κ3) is 4.24. The number of rotatable bonds is 3. The number of hydrogen-bond acceptors (Lipinski definition) is 3. The normalized spacial score (nSPS) is 17.6. The van der Waals surface area contributed by atoms with E-state index in [1.54, 1.807) is 4.90 Å². The molecule has 1 saturated heterocycles. The van der Waals surface area contributed by atoms with Gasteiger partial charge < -0.3 is 15.1 Å². The second-order valence-electron chi connectivity index (χ2n) is 8.90. The highest BCUT2D eigenvalue weighted by Crippen LogP contribution is 2.40. The maximum absolute atomic E-state index is 12.4. The van der Waals surface area contributed by atoms with Gasteiger partial charge in [-0.3, -0.25) is 4.79 Å². The summed E-state index contributed by atoms with van der Waals surface area (Å²) in [6, 6.07) is 3.97. The molecule has 0 spiro atoms. The summed E-state index contributed by atoms with van der Waals surface area (Å²) in [5, 5.41) is 19.8. The van der Waals surface area contributed by atoms with Crippen LogP contribution in [-0.4, -0.2) is 40.7 Å². The average Bonchev–Trinajstić information content (AvgIpc) is 2.80. The fourth-order valence-electron chi connectivity index (χ4n) is 3.22. The second-order valence-corrected chi connectivity index (χ2v) is 8.90. The summed E-state index contributed by atoms with van der Waals surface area (Å²) in [6.07, 6.45) is 2.62. The molecule has 1 aliphatic rings. The number of carbonyl (C=O) groups is 1. The summed E-state index contributed by atoms with van der Waals surface area (Å²) in [6.45, 7) is 13.5. The van der Waals surface area contributed by atoms with Gasteiger partial charge in [-0.05, 0) is 41.0 Å². The van der Waals surface area contributed by atoms with E-state index in [1.807, 2.05) is 18.2 Å². The maximum Gasteiger partial charge on any atom is 0.249 e. The Hall–Kier alpha value is -1.81. The highest BCUT2D eigenvalue weighted by Gasteiger charge is 2.28. The predicted molar refractivity (Wildman–Crippen MR) is 102 cm³/mol. The minimum Gasteiger partial charge on any atom is -0.507 e. The molecule has 4 nitrogen and oxygen atoms in total. The largest absolute Gasteiger partial charge is 0.507 e. The van der Waals surface area contributed by atoms with Crippen molar-refractivity contribution in [2.24, 2.45) is 0 Å². The predicted octanol–water partition coefficient (Wildman–Crippen LogP) is 3.60. The molecular weight excluding hydrogens is 314 g/mol. The zero-order valence-electron chi connectivity index (χ0n) is 16.3. The summed E-state index contributed by atoms with van der Waals surface area (Å²) in [5.74, 6) is 0.346. The van der Waals surface area contributed by atoms with Crippen LogP contribution in [-0.2, 0) is 15.6 Å². The number of aliphatic hydroxyl groups is 1. The van der Waals surface area contributed by atoms with Gasteiger partial charge in [-0.1, -0.05) is 41.5 Å². The number of carbonyl (C=O) groups excluding carboxylic acids is 1. The summed E-state index contributed by atoms with van der Waals surface area (Å²) >= 11 is 0. The van der Waals surface area contributed by atoms with Gasteiger partial charge in [0.15, 0.2) is 0 Å². The van der Waals surface area contributed by atoms with E-state index in [1.165, 1.54) is 0 Å². The van der Waals surface area contributed by atoms with Gasteiger partial charge in [0.25, 0.3) is 0 Å². The number of benzene rings is 1. The number of aliphatic hydroxyl groups excluding tert-OH is 1. The van der Waals surface area contributed by atoms with Crippen LogP contribution in [0.5, 0.6) is 5.75 Å². The quantitative estimate of drug-likeness (QED) is 0.823. The van der Waals surface area contributed by atoms with Crippen LogP contribution in [0.15, 0.2) is 17.7 Å². The maximum atomic E-state index is 12.4. The standard InChI is InChI=1S/C21H31NO3/c1-20(2,3)16-12-14(13-17(18(16)24)21(4,5)6)11-15-7-8-22(9-10-23)19(15)25/h11-13,23-24H,7-10H2,1-6H3/b15-11+.